The molecule has 0 amide bonds. The number of hydrogen-bond acceptors (Lipinski definition) is 5. The van der Waals surface area contributed by atoms with Crippen molar-refractivity contribution in [3.63, 3.8) is 0 Å². The van der Waals surface area contributed by atoms with Crippen molar-refractivity contribution in [3.05, 3.63) is 108 Å². The van der Waals surface area contributed by atoms with Gasteiger partial charge in [0.05, 0.1) is 18.7 Å². The number of aromatic nitrogens is 3. The maximum atomic E-state index is 13.7. The molecule has 2 aliphatic heterocycles. The van der Waals surface area contributed by atoms with Crippen molar-refractivity contribution >= 4 is 0 Å². The van der Waals surface area contributed by atoms with E-state index in [4.69, 9.17) is 14.6 Å². The topological polar surface area (TPSA) is 52.4 Å². The number of pyridine rings is 1. The predicted octanol–water partition coefficient (Wildman–Crippen LogP) is 5.54. The van der Waals surface area contributed by atoms with Crippen molar-refractivity contribution in [1.29, 1.82) is 0 Å². The molecule has 182 valence electrons. The van der Waals surface area contributed by atoms with Crippen LogP contribution in [0.25, 0.3) is 22.4 Å². The van der Waals surface area contributed by atoms with Gasteiger partial charge < -0.3 is 9.47 Å². The Bertz CT molecular complexity index is 1390. The van der Waals surface area contributed by atoms with Gasteiger partial charge in [0, 0.05) is 49.6 Å². The van der Waals surface area contributed by atoms with Gasteiger partial charge in [-0.05, 0) is 47.5 Å². The van der Waals surface area contributed by atoms with Crippen LogP contribution < -0.4 is 0 Å². The summed E-state index contributed by atoms with van der Waals surface area (Å²) in [6, 6.07) is 21.2. The Balaban J connectivity index is 1.39. The highest BCUT2D eigenvalue weighted by molar-refractivity contribution is 5.83. The van der Waals surface area contributed by atoms with Crippen LogP contribution in [0.1, 0.15) is 23.9 Å². The predicted molar refractivity (Wildman–Crippen MR) is 135 cm³/mol. The average Bonchev–Trinajstić information content (AvgIpc) is 3.48. The Morgan fingerprint density at radius 3 is 2.50 bits per heavy atom. The number of benzene rings is 2. The van der Waals surface area contributed by atoms with E-state index in [9.17, 15) is 4.39 Å². The van der Waals surface area contributed by atoms with E-state index in [-0.39, 0.29) is 5.82 Å². The number of hydrogen-bond donors (Lipinski definition) is 0. The summed E-state index contributed by atoms with van der Waals surface area (Å²) < 4.78 is 27.1. The summed E-state index contributed by atoms with van der Waals surface area (Å²) in [5.74, 6) is -1.03. The normalized spacial score (nSPS) is 16.4. The zero-order chi connectivity index (χ0) is 24.5. The maximum absolute atomic E-state index is 13.7. The molecular formula is C29H27FN4O2. The molecule has 0 saturated heterocycles. The number of rotatable bonds is 6. The summed E-state index contributed by atoms with van der Waals surface area (Å²) in [4.78, 5) is 7.02. The van der Waals surface area contributed by atoms with Gasteiger partial charge in [0.1, 0.15) is 24.0 Å². The lowest BCUT2D eigenvalue weighted by Gasteiger charge is -2.28. The summed E-state index contributed by atoms with van der Waals surface area (Å²) in [6.07, 6.45) is 5.45. The highest BCUT2D eigenvalue weighted by Gasteiger charge is 2.31. The van der Waals surface area contributed by atoms with E-state index >= 15 is 0 Å². The summed E-state index contributed by atoms with van der Waals surface area (Å²) >= 11 is 0. The molecule has 0 aliphatic carbocycles. The highest BCUT2D eigenvalue weighted by Crippen LogP contribution is 2.37. The quantitative estimate of drug-likeness (QED) is 0.361. The van der Waals surface area contributed by atoms with Crippen molar-refractivity contribution in [2.75, 3.05) is 6.54 Å². The van der Waals surface area contributed by atoms with Crippen LogP contribution >= 0.6 is 0 Å². The van der Waals surface area contributed by atoms with E-state index < -0.39 is 5.79 Å². The first kappa shape index (κ1) is 22.5. The smallest absolute Gasteiger partial charge is 0.252 e. The van der Waals surface area contributed by atoms with Crippen LogP contribution in [0.4, 0.5) is 4.39 Å². The number of halogens is 1. The Morgan fingerprint density at radius 1 is 0.944 bits per heavy atom. The number of nitrogens with zero attached hydrogens (tertiary/aromatic N) is 4. The molecule has 0 atom stereocenters. The standard InChI is InChI=1S/C29H27FN4O2/c1-29(35-15-16-36-29)18-25-17-23(11-12-31-25)27-26-20-33(19-21-5-3-2-4-6-21)13-14-34(26)32-28(27)22-7-9-24(30)10-8-22/h2-12,15-17H,13-14,18-20H2,1H3. The molecule has 0 unspecified atom stereocenters. The van der Waals surface area contributed by atoms with Crippen LogP contribution in [0.15, 0.2) is 85.5 Å². The molecule has 36 heavy (non-hydrogen) atoms. The molecule has 4 heterocycles. The first-order valence-electron chi connectivity index (χ1n) is 12.1. The third-order valence-electron chi connectivity index (χ3n) is 6.72. The van der Waals surface area contributed by atoms with Gasteiger partial charge in [-0.3, -0.25) is 14.6 Å². The van der Waals surface area contributed by atoms with Gasteiger partial charge in [-0.1, -0.05) is 30.3 Å². The second-order valence-corrected chi connectivity index (χ2v) is 9.45. The molecule has 0 fully saturated rings. The van der Waals surface area contributed by atoms with Crippen molar-refractivity contribution in [2.45, 2.75) is 38.8 Å². The van der Waals surface area contributed by atoms with E-state index in [1.807, 2.05) is 25.3 Å². The van der Waals surface area contributed by atoms with Crippen LogP contribution in [0.5, 0.6) is 0 Å². The van der Waals surface area contributed by atoms with Crippen molar-refractivity contribution < 1.29 is 13.9 Å². The summed E-state index contributed by atoms with van der Waals surface area (Å²) in [5, 5.41) is 5.00. The second kappa shape index (κ2) is 9.24. The Hall–Kier alpha value is -3.97. The molecule has 0 radical (unpaired) electrons. The van der Waals surface area contributed by atoms with Gasteiger partial charge >= 0.3 is 0 Å². The van der Waals surface area contributed by atoms with Crippen LogP contribution in [-0.4, -0.2) is 32.0 Å². The van der Waals surface area contributed by atoms with Crippen LogP contribution in [0.2, 0.25) is 0 Å². The Labute approximate surface area is 209 Å². The minimum absolute atomic E-state index is 0.261. The van der Waals surface area contributed by atoms with Gasteiger partial charge in [0.2, 0.25) is 0 Å². The molecule has 2 aliphatic rings. The molecular weight excluding hydrogens is 455 g/mol. The largest absolute Gasteiger partial charge is 0.457 e. The Kier molecular flexibility index (Phi) is 5.77. The Morgan fingerprint density at radius 2 is 1.72 bits per heavy atom. The van der Waals surface area contributed by atoms with E-state index in [0.29, 0.717) is 6.42 Å². The summed E-state index contributed by atoms with van der Waals surface area (Å²) in [7, 11) is 0. The molecule has 2 aromatic heterocycles. The minimum Gasteiger partial charge on any atom is -0.457 e. The van der Waals surface area contributed by atoms with E-state index in [1.165, 1.54) is 17.7 Å². The van der Waals surface area contributed by atoms with Gasteiger partial charge in [0.15, 0.2) is 0 Å². The summed E-state index contributed by atoms with van der Waals surface area (Å²) in [5.41, 5.74) is 7.12. The minimum atomic E-state index is -0.768. The fourth-order valence-electron chi connectivity index (χ4n) is 4.97. The lowest BCUT2D eigenvalue weighted by atomic mass is 9.97. The third kappa shape index (κ3) is 4.50. The second-order valence-electron chi connectivity index (χ2n) is 9.45. The molecule has 2 aromatic carbocycles. The fraction of sp³-hybridized carbons (Fsp3) is 0.241. The molecule has 4 aromatic rings. The van der Waals surface area contributed by atoms with E-state index in [0.717, 1.165) is 60.0 Å². The van der Waals surface area contributed by atoms with Gasteiger partial charge in [0.25, 0.3) is 5.79 Å². The van der Waals surface area contributed by atoms with Crippen molar-refractivity contribution in [2.24, 2.45) is 0 Å². The molecule has 0 N–H and O–H groups in total. The molecule has 6 rings (SSSR count). The lowest BCUT2D eigenvalue weighted by Crippen LogP contribution is -2.33. The zero-order valence-corrected chi connectivity index (χ0v) is 20.1. The molecule has 7 heteroatoms. The van der Waals surface area contributed by atoms with Crippen molar-refractivity contribution in [1.82, 2.24) is 19.7 Å². The molecule has 6 nitrogen and oxygen atoms in total. The van der Waals surface area contributed by atoms with Gasteiger partial charge in [-0.25, -0.2) is 4.39 Å². The van der Waals surface area contributed by atoms with E-state index in [1.54, 1.807) is 24.7 Å². The lowest BCUT2D eigenvalue weighted by molar-refractivity contribution is -0.124. The van der Waals surface area contributed by atoms with E-state index in [2.05, 4.69) is 44.9 Å². The third-order valence-corrected chi connectivity index (χ3v) is 6.72. The number of fused-ring (bicyclic) bond motifs is 1. The number of ether oxygens (including phenoxy) is 2. The molecule has 0 saturated carbocycles. The van der Waals surface area contributed by atoms with Crippen LogP contribution in [0, 0.1) is 5.82 Å². The molecule has 0 bridgehead atoms. The van der Waals surface area contributed by atoms with Crippen LogP contribution in [-0.2, 0) is 35.5 Å². The van der Waals surface area contributed by atoms with Crippen LogP contribution in [0.3, 0.4) is 0 Å². The highest BCUT2D eigenvalue weighted by atomic mass is 19.1. The zero-order valence-electron chi connectivity index (χ0n) is 20.1. The van der Waals surface area contributed by atoms with Crippen molar-refractivity contribution in [3.8, 4) is 22.4 Å². The average molecular weight is 483 g/mol. The SMILES string of the molecule is CC1(Cc2cc(-c3c(-c4ccc(F)cc4)nn4c3CN(Cc3ccccc3)CC4)ccn2)OC=CO1. The van der Waals surface area contributed by atoms with Gasteiger partial charge in [-0.2, -0.15) is 5.10 Å². The molecule has 0 spiro atoms. The maximum Gasteiger partial charge on any atom is 0.252 e. The monoisotopic (exact) mass is 482 g/mol. The summed E-state index contributed by atoms with van der Waals surface area (Å²) in [6.45, 7) is 5.24. The first-order chi connectivity index (χ1) is 17.6. The first-order valence-corrected chi connectivity index (χ1v) is 12.1. The fourth-order valence-corrected chi connectivity index (χ4v) is 4.97. The van der Waals surface area contributed by atoms with Gasteiger partial charge in [-0.15, -0.1) is 0 Å².